The van der Waals surface area contributed by atoms with Crippen molar-refractivity contribution in [3.8, 4) is 5.75 Å². The molecule has 2 bridgehead atoms. The molecule has 2 heterocycles. The first-order chi connectivity index (χ1) is 11.4. The largest absolute Gasteiger partial charge is 0.496 e. The molecule has 0 aliphatic carbocycles. The molecule has 7 heteroatoms. The van der Waals surface area contributed by atoms with E-state index in [-0.39, 0.29) is 30.4 Å². The number of hydrogen-bond acceptors (Lipinski definition) is 4. The van der Waals surface area contributed by atoms with E-state index in [1.807, 2.05) is 19.1 Å². The fourth-order valence-electron chi connectivity index (χ4n) is 4.03. The molecule has 5 nitrogen and oxygen atoms in total. The van der Waals surface area contributed by atoms with Crippen LogP contribution in [0.25, 0.3) is 0 Å². The van der Waals surface area contributed by atoms with Gasteiger partial charge in [-0.05, 0) is 61.9 Å². The number of ether oxygens (including phenoxy) is 1. The zero-order valence-corrected chi connectivity index (χ0v) is 17.0. The van der Waals surface area contributed by atoms with Gasteiger partial charge in [0.2, 0.25) is 10.0 Å². The fourth-order valence-corrected chi connectivity index (χ4v) is 6.17. The zero-order chi connectivity index (χ0) is 17.5. The maximum Gasteiger partial charge on any atom is 0.243 e. The van der Waals surface area contributed by atoms with Gasteiger partial charge >= 0.3 is 0 Å². The van der Waals surface area contributed by atoms with Gasteiger partial charge in [0.1, 0.15) is 5.75 Å². The first-order valence-corrected chi connectivity index (χ1v) is 10.2. The number of sulfonamides is 1. The van der Waals surface area contributed by atoms with Crippen molar-refractivity contribution < 1.29 is 13.2 Å². The number of methoxy groups -OCH3 is 1. The molecule has 2 aliphatic rings. The zero-order valence-electron chi connectivity index (χ0n) is 15.4. The van der Waals surface area contributed by atoms with E-state index in [4.69, 9.17) is 4.74 Å². The monoisotopic (exact) mass is 388 g/mol. The number of fused-ring (bicyclic) bond motifs is 2. The van der Waals surface area contributed by atoms with Crippen LogP contribution in [0.15, 0.2) is 17.0 Å². The summed E-state index contributed by atoms with van der Waals surface area (Å²) in [6.07, 6.45) is 2.81. The second-order valence-electron chi connectivity index (χ2n) is 7.23. The molecule has 0 aromatic heterocycles. The van der Waals surface area contributed by atoms with E-state index in [2.05, 4.69) is 19.2 Å². The quantitative estimate of drug-likeness (QED) is 0.861. The smallest absolute Gasteiger partial charge is 0.243 e. The minimum absolute atomic E-state index is 0. The number of nitrogens with zero attached hydrogens (tertiary/aromatic N) is 1. The summed E-state index contributed by atoms with van der Waals surface area (Å²) in [7, 11) is -1.86. The Morgan fingerprint density at radius 1 is 1.20 bits per heavy atom. The Labute approximate surface area is 157 Å². The van der Waals surface area contributed by atoms with Crippen LogP contribution in [0.3, 0.4) is 0 Å². The van der Waals surface area contributed by atoms with Gasteiger partial charge in [-0.3, -0.25) is 0 Å². The first kappa shape index (κ1) is 20.5. The summed E-state index contributed by atoms with van der Waals surface area (Å²) < 4.78 is 34.1. The lowest BCUT2D eigenvalue weighted by molar-refractivity contribution is 0.334. The molecule has 2 atom stereocenters. The molecule has 1 N–H and O–H groups in total. The molecule has 1 aromatic rings. The summed E-state index contributed by atoms with van der Waals surface area (Å²) in [4.78, 5) is 0.436. The number of hydrogen-bond donors (Lipinski definition) is 1. The van der Waals surface area contributed by atoms with Crippen molar-refractivity contribution in [3.63, 3.8) is 0 Å². The molecule has 2 saturated heterocycles. The number of halogens is 1. The van der Waals surface area contributed by atoms with Crippen molar-refractivity contribution >= 4 is 22.4 Å². The van der Waals surface area contributed by atoms with E-state index in [0.29, 0.717) is 4.90 Å². The number of rotatable bonds is 4. The molecule has 3 rings (SSSR count). The van der Waals surface area contributed by atoms with E-state index in [1.165, 1.54) is 0 Å². The average molecular weight is 389 g/mol. The van der Waals surface area contributed by atoms with Crippen molar-refractivity contribution in [2.24, 2.45) is 0 Å². The third-order valence-electron chi connectivity index (χ3n) is 5.29. The molecule has 1 aromatic carbocycles. The molecule has 2 aliphatic heterocycles. The Balaban J connectivity index is 0.00000225. The molecule has 2 unspecified atom stereocenters. The maximum absolute atomic E-state index is 13.5. The van der Waals surface area contributed by atoms with Crippen LogP contribution in [0.4, 0.5) is 0 Å². The van der Waals surface area contributed by atoms with Gasteiger partial charge in [0.05, 0.1) is 12.0 Å². The normalized spacial score (nSPS) is 24.0. The summed E-state index contributed by atoms with van der Waals surface area (Å²) in [5.41, 5.74) is 1.70. The standard InChI is InChI=1S/C18H28N2O3S.ClH/c1-12(2)16-10-18(13(3)9-17(16)23-4)24(21,22)20-14-5-6-15(20)11-19-8-7-14;/h9-10,12,14-15,19H,5-8,11H2,1-4H3;1H. The molecular formula is C18H29ClN2O3S. The van der Waals surface area contributed by atoms with E-state index >= 15 is 0 Å². The predicted octanol–water partition coefficient (Wildman–Crippen LogP) is 3.06. The van der Waals surface area contributed by atoms with Crippen LogP contribution in [0.1, 0.15) is 50.2 Å². The van der Waals surface area contributed by atoms with Crippen molar-refractivity contribution in [2.75, 3.05) is 20.2 Å². The van der Waals surface area contributed by atoms with E-state index in [1.54, 1.807) is 11.4 Å². The lowest BCUT2D eigenvalue weighted by Crippen LogP contribution is -2.42. The van der Waals surface area contributed by atoms with Crippen molar-refractivity contribution in [3.05, 3.63) is 23.3 Å². The number of benzene rings is 1. The minimum Gasteiger partial charge on any atom is -0.496 e. The third-order valence-corrected chi connectivity index (χ3v) is 7.44. The van der Waals surface area contributed by atoms with Crippen LogP contribution in [-0.4, -0.2) is 45.0 Å². The first-order valence-electron chi connectivity index (χ1n) is 8.79. The Morgan fingerprint density at radius 2 is 1.88 bits per heavy atom. The highest BCUT2D eigenvalue weighted by Gasteiger charge is 2.43. The maximum atomic E-state index is 13.5. The van der Waals surface area contributed by atoms with Gasteiger partial charge < -0.3 is 10.1 Å². The highest BCUT2D eigenvalue weighted by Crippen LogP contribution is 2.37. The molecular weight excluding hydrogens is 360 g/mol. The van der Waals surface area contributed by atoms with Crippen molar-refractivity contribution in [1.29, 1.82) is 0 Å². The molecule has 0 spiro atoms. The second-order valence-corrected chi connectivity index (χ2v) is 9.04. The second kappa shape index (κ2) is 7.82. The van der Waals surface area contributed by atoms with E-state index in [0.717, 1.165) is 49.2 Å². The topological polar surface area (TPSA) is 58.6 Å². The summed E-state index contributed by atoms with van der Waals surface area (Å²) in [6, 6.07) is 3.89. The molecule has 0 saturated carbocycles. The highest BCUT2D eigenvalue weighted by molar-refractivity contribution is 7.89. The van der Waals surface area contributed by atoms with Gasteiger partial charge in [0.15, 0.2) is 0 Å². The Kier molecular flexibility index (Phi) is 6.41. The third kappa shape index (κ3) is 3.68. The van der Waals surface area contributed by atoms with Gasteiger partial charge in [0.25, 0.3) is 0 Å². The predicted molar refractivity (Wildman–Crippen MR) is 102 cm³/mol. The molecule has 0 amide bonds. The number of nitrogens with one attached hydrogen (secondary N) is 1. The summed E-state index contributed by atoms with van der Waals surface area (Å²) in [6.45, 7) is 7.62. The lowest BCUT2D eigenvalue weighted by Gasteiger charge is -2.28. The van der Waals surface area contributed by atoms with Gasteiger partial charge in [-0.2, -0.15) is 4.31 Å². The molecule has 2 fully saturated rings. The molecule has 25 heavy (non-hydrogen) atoms. The molecule has 0 radical (unpaired) electrons. The van der Waals surface area contributed by atoms with Gasteiger partial charge in [-0.25, -0.2) is 8.42 Å². The lowest BCUT2D eigenvalue weighted by atomic mass is 10.0. The van der Waals surface area contributed by atoms with Gasteiger partial charge in [0, 0.05) is 18.6 Å². The Morgan fingerprint density at radius 3 is 2.52 bits per heavy atom. The SMILES string of the molecule is COc1cc(C)c(S(=O)(=O)N2C3CCNCC2CC3)cc1C(C)C.Cl. The van der Waals surface area contributed by atoms with Crippen LogP contribution in [0, 0.1) is 6.92 Å². The van der Waals surface area contributed by atoms with Crippen LogP contribution in [0.5, 0.6) is 5.75 Å². The Bertz CT molecular complexity index is 707. The van der Waals surface area contributed by atoms with Gasteiger partial charge in [-0.15, -0.1) is 12.4 Å². The fraction of sp³-hybridized carbons (Fsp3) is 0.667. The average Bonchev–Trinajstić information content (AvgIpc) is 2.80. The summed E-state index contributed by atoms with van der Waals surface area (Å²) >= 11 is 0. The van der Waals surface area contributed by atoms with Crippen molar-refractivity contribution in [2.45, 2.75) is 62.9 Å². The molecule has 142 valence electrons. The minimum atomic E-state index is -3.50. The summed E-state index contributed by atoms with van der Waals surface area (Å²) in [5.74, 6) is 0.971. The van der Waals surface area contributed by atoms with Crippen LogP contribution >= 0.6 is 12.4 Å². The Hall–Kier alpha value is -0.820. The van der Waals surface area contributed by atoms with Crippen LogP contribution in [-0.2, 0) is 10.0 Å². The number of aryl methyl sites for hydroxylation is 1. The van der Waals surface area contributed by atoms with Crippen molar-refractivity contribution in [1.82, 2.24) is 9.62 Å². The van der Waals surface area contributed by atoms with E-state index in [9.17, 15) is 8.42 Å². The van der Waals surface area contributed by atoms with Gasteiger partial charge in [-0.1, -0.05) is 13.8 Å². The van der Waals surface area contributed by atoms with Crippen LogP contribution < -0.4 is 10.1 Å². The van der Waals surface area contributed by atoms with Crippen LogP contribution in [0.2, 0.25) is 0 Å². The van der Waals surface area contributed by atoms with E-state index < -0.39 is 10.0 Å². The highest BCUT2D eigenvalue weighted by atomic mass is 35.5. The summed E-state index contributed by atoms with van der Waals surface area (Å²) in [5, 5.41) is 3.37.